The summed E-state index contributed by atoms with van der Waals surface area (Å²) in [7, 11) is 0. The third kappa shape index (κ3) is 7.23. The maximum Gasteiger partial charge on any atom is 0.0619 e. The number of anilines is 6. The molecule has 324 valence electrons. The first-order valence-electron chi connectivity index (χ1n) is 23.7. The van der Waals surface area contributed by atoms with Crippen LogP contribution in [0, 0.1) is 27.7 Å². The van der Waals surface area contributed by atoms with Crippen LogP contribution in [-0.4, -0.2) is 0 Å². The van der Waals surface area contributed by atoms with Gasteiger partial charge in [-0.3, -0.25) is 0 Å². The highest BCUT2D eigenvalue weighted by molar-refractivity contribution is 6.43. The van der Waals surface area contributed by atoms with E-state index < -0.39 is 0 Å². The van der Waals surface area contributed by atoms with Gasteiger partial charge in [0, 0.05) is 55.1 Å². The second-order valence-corrected chi connectivity index (χ2v) is 18.5. The van der Waals surface area contributed by atoms with Crippen LogP contribution < -0.4 is 9.80 Å². The van der Waals surface area contributed by atoms with Crippen LogP contribution in [0.4, 0.5) is 34.1 Å². The van der Waals surface area contributed by atoms with Crippen molar-refractivity contribution in [2.24, 2.45) is 0 Å². The van der Waals surface area contributed by atoms with Gasteiger partial charge in [0.15, 0.2) is 0 Å². The number of benzene rings is 12. The van der Waals surface area contributed by atoms with Gasteiger partial charge in [0.1, 0.15) is 0 Å². The van der Waals surface area contributed by atoms with E-state index in [2.05, 4.69) is 268 Å². The van der Waals surface area contributed by atoms with Gasteiger partial charge in [-0.1, -0.05) is 204 Å². The molecule has 0 spiro atoms. The summed E-state index contributed by atoms with van der Waals surface area (Å²) in [5, 5.41) is 12.5. The van der Waals surface area contributed by atoms with E-state index in [1.807, 2.05) is 0 Å². The van der Waals surface area contributed by atoms with E-state index in [-0.39, 0.29) is 0 Å². The molecular formula is C66H50N2. The van der Waals surface area contributed by atoms with E-state index in [1.165, 1.54) is 98.6 Å². The molecule has 0 radical (unpaired) electrons. The van der Waals surface area contributed by atoms with Gasteiger partial charge in [-0.15, -0.1) is 0 Å². The lowest BCUT2D eigenvalue weighted by atomic mass is 9.84. The molecule has 2 heteroatoms. The Hall–Kier alpha value is -8.46. The largest absolute Gasteiger partial charge is 0.309 e. The summed E-state index contributed by atoms with van der Waals surface area (Å²) in [4.78, 5) is 4.98. The van der Waals surface area contributed by atoms with Crippen LogP contribution in [-0.2, 0) is 0 Å². The molecule has 0 saturated carbocycles. The minimum Gasteiger partial charge on any atom is -0.309 e. The van der Waals surface area contributed by atoms with E-state index in [1.54, 1.807) is 0 Å². The fourth-order valence-electron chi connectivity index (χ4n) is 10.3. The number of hydrogen-bond acceptors (Lipinski definition) is 2. The Morgan fingerprint density at radius 2 is 0.515 bits per heavy atom. The highest BCUT2D eigenvalue weighted by Crippen LogP contribution is 2.55. The molecule has 0 aliphatic rings. The average molecular weight is 871 g/mol. The second kappa shape index (κ2) is 16.8. The van der Waals surface area contributed by atoms with Gasteiger partial charge in [0.05, 0.1) is 11.4 Å². The lowest BCUT2D eigenvalue weighted by Gasteiger charge is -2.33. The molecule has 0 N–H and O–H groups in total. The summed E-state index contributed by atoms with van der Waals surface area (Å²) < 4.78 is 0. The maximum absolute atomic E-state index is 2.49. The van der Waals surface area contributed by atoms with Crippen LogP contribution in [0.1, 0.15) is 44.5 Å². The van der Waals surface area contributed by atoms with Crippen LogP contribution in [0.25, 0.3) is 78.2 Å². The molecule has 0 aliphatic heterocycles. The van der Waals surface area contributed by atoms with Gasteiger partial charge in [0.2, 0.25) is 0 Å². The Bertz CT molecular complexity index is 3570. The molecular weight excluding hydrogens is 821 g/mol. The molecule has 12 aromatic rings. The third-order valence-corrected chi connectivity index (χ3v) is 13.8. The number of aryl methyl sites for hydroxylation is 4. The van der Waals surface area contributed by atoms with E-state index in [4.69, 9.17) is 0 Å². The van der Waals surface area contributed by atoms with E-state index in [9.17, 15) is 0 Å². The molecule has 0 bridgehead atoms. The summed E-state index contributed by atoms with van der Waals surface area (Å²) in [5.74, 6) is 0. The normalized spacial score (nSPS) is 12.0. The quantitative estimate of drug-likeness (QED) is 0.0767. The van der Waals surface area contributed by atoms with Crippen molar-refractivity contribution in [1.29, 1.82) is 0 Å². The highest BCUT2D eigenvalue weighted by atomic mass is 15.2. The molecule has 0 heterocycles. The van der Waals surface area contributed by atoms with Crippen LogP contribution in [0.3, 0.4) is 0 Å². The minimum atomic E-state index is 1.11. The van der Waals surface area contributed by atoms with Crippen molar-refractivity contribution in [3.63, 3.8) is 0 Å². The van der Waals surface area contributed by atoms with Crippen molar-refractivity contribution in [1.82, 2.24) is 0 Å². The molecule has 0 aliphatic carbocycles. The lowest BCUT2D eigenvalue weighted by molar-refractivity contribution is 1.30. The first-order chi connectivity index (χ1) is 33.3. The van der Waals surface area contributed by atoms with Gasteiger partial charge in [0.25, 0.3) is 0 Å². The standard InChI is InChI=1S/C66H50N2/c1-43-11-19-47(20-12-43)23-25-49-27-37-55(38-28-49)67(53-33-15-45(3)16-34-53)65-57-9-5-7-51-32-42-60-64(61(51)57)63-59(65)41-31-52-8-6-10-58(62(52)63)66(60)68(54-35-17-46(4)18-36-54)56-39-29-50(30-40-56)26-24-48-21-13-44(2)14-22-48/h5-42H,1-4H3/b25-23+,26-24+. The zero-order valence-corrected chi connectivity index (χ0v) is 38.8. The monoisotopic (exact) mass is 870 g/mol. The molecule has 0 atom stereocenters. The zero-order chi connectivity index (χ0) is 45.9. The SMILES string of the molecule is Cc1ccc(/C=C/c2ccc(N(c3ccc(C)cc3)c3c4cccc5ccc6c(N(c7ccc(C)cc7)c7ccc(/C=C/c8ccc(C)cc8)cc7)c7cccc8ccc3c(c87)c6c54)cc2)cc1. The summed E-state index contributed by atoms with van der Waals surface area (Å²) in [5.41, 5.74) is 16.5. The second-order valence-electron chi connectivity index (χ2n) is 18.5. The Labute approximate surface area is 398 Å². The van der Waals surface area contributed by atoms with Crippen LogP contribution in [0.5, 0.6) is 0 Å². The average Bonchev–Trinajstić information content (AvgIpc) is 3.37. The molecule has 2 nitrogen and oxygen atoms in total. The Balaban J connectivity index is 1.09. The molecule has 68 heavy (non-hydrogen) atoms. The Kier molecular flexibility index (Phi) is 10.1. The Morgan fingerprint density at radius 3 is 0.838 bits per heavy atom. The predicted molar refractivity (Wildman–Crippen MR) is 295 cm³/mol. The fourth-order valence-corrected chi connectivity index (χ4v) is 10.3. The van der Waals surface area contributed by atoms with Gasteiger partial charge < -0.3 is 9.80 Å². The zero-order valence-electron chi connectivity index (χ0n) is 38.8. The van der Waals surface area contributed by atoms with Crippen molar-refractivity contribution >= 4 is 112 Å². The van der Waals surface area contributed by atoms with Gasteiger partial charge in [-0.25, -0.2) is 0 Å². The van der Waals surface area contributed by atoms with Gasteiger partial charge in [-0.2, -0.15) is 0 Å². The summed E-state index contributed by atoms with van der Waals surface area (Å²) in [6.45, 7) is 8.58. The number of hydrogen-bond donors (Lipinski definition) is 0. The van der Waals surface area contributed by atoms with Gasteiger partial charge >= 0.3 is 0 Å². The molecule has 0 unspecified atom stereocenters. The number of rotatable bonds is 10. The van der Waals surface area contributed by atoms with Crippen LogP contribution in [0.15, 0.2) is 206 Å². The lowest BCUT2D eigenvalue weighted by Crippen LogP contribution is -2.13. The summed E-state index contributed by atoms with van der Waals surface area (Å²) >= 11 is 0. The molecule has 12 rings (SSSR count). The van der Waals surface area contributed by atoms with Crippen LogP contribution >= 0.6 is 0 Å². The topological polar surface area (TPSA) is 6.48 Å². The first-order valence-corrected chi connectivity index (χ1v) is 23.7. The van der Waals surface area contributed by atoms with E-state index in [0.717, 1.165) is 33.9 Å². The van der Waals surface area contributed by atoms with E-state index in [0.29, 0.717) is 0 Å². The molecule has 0 aromatic heterocycles. The molecule has 0 amide bonds. The van der Waals surface area contributed by atoms with Crippen molar-refractivity contribution in [3.8, 4) is 0 Å². The number of nitrogens with zero attached hydrogens (tertiary/aromatic N) is 2. The smallest absolute Gasteiger partial charge is 0.0619 e. The highest BCUT2D eigenvalue weighted by Gasteiger charge is 2.28. The van der Waals surface area contributed by atoms with Crippen molar-refractivity contribution < 1.29 is 0 Å². The van der Waals surface area contributed by atoms with E-state index >= 15 is 0 Å². The predicted octanol–water partition coefficient (Wildman–Crippen LogP) is 18.8. The Morgan fingerprint density at radius 1 is 0.250 bits per heavy atom. The van der Waals surface area contributed by atoms with Crippen LogP contribution in [0.2, 0.25) is 0 Å². The first kappa shape index (κ1) is 41.0. The molecule has 0 fully saturated rings. The third-order valence-electron chi connectivity index (χ3n) is 13.8. The van der Waals surface area contributed by atoms with Crippen molar-refractivity contribution in [2.75, 3.05) is 9.80 Å². The van der Waals surface area contributed by atoms with Crippen molar-refractivity contribution in [3.05, 3.63) is 251 Å². The minimum absolute atomic E-state index is 1.11. The molecule has 12 aromatic carbocycles. The summed E-state index contributed by atoms with van der Waals surface area (Å²) in [6.07, 6.45) is 8.80. The molecule has 0 saturated heterocycles. The summed E-state index contributed by atoms with van der Waals surface area (Å²) in [6, 6.07) is 76.6. The van der Waals surface area contributed by atoms with Crippen molar-refractivity contribution in [2.45, 2.75) is 27.7 Å². The maximum atomic E-state index is 2.49. The fraction of sp³-hybridized carbons (Fsp3) is 0.0606. The van der Waals surface area contributed by atoms with Gasteiger partial charge in [-0.05, 0) is 120 Å².